The van der Waals surface area contributed by atoms with E-state index in [-0.39, 0.29) is 40.8 Å². The van der Waals surface area contributed by atoms with E-state index in [1.165, 1.54) is 20.4 Å². The van der Waals surface area contributed by atoms with Gasteiger partial charge in [-0.15, -0.1) is 0 Å². The van der Waals surface area contributed by atoms with Crippen LogP contribution in [0.15, 0.2) is 46.4 Å². The number of halogens is 1. The zero-order valence-corrected chi connectivity index (χ0v) is 18.4. The Balaban J connectivity index is 1.86. The van der Waals surface area contributed by atoms with Gasteiger partial charge in [0.15, 0.2) is 5.96 Å². The van der Waals surface area contributed by atoms with Gasteiger partial charge in [-0.3, -0.25) is 9.79 Å². The lowest BCUT2D eigenvalue weighted by Gasteiger charge is -2.34. The van der Waals surface area contributed by atoms with Gasteiger partial charge < -0.3 is 20.7 Å². The SMILES string of the molecule is CN=C(N)NC1(c2ccccc2)CN(c2nc(OC)c(F)c(C3CC3)n2)C=C1S(=O)C=O. The molecule has 2 atom stereocenters. The molecule has 2 heterocycles. The maximum atomic E-state index is 14.7. The molecule has 2 aromatic rings. The molecule has 2 unspecified atom stereocenters. The molecule has 9 nitrogen and oxygen atoms in total. The minimum absolute atomic E-state index is 0.0145. The van der Waals surface area contributed by atoms with E-state index in [1.807, 2.05) is 30.3 Å². The number of ether oxygens (including phenoxy) is 1. The lowest BCUT2D eigenvalue weighted by atomic mass is 9.90. The molecule has 0 spiro atoms. The number of guanidine groups is 1. The van der Waals surface area contributed by atoms with Crippen molar-refractivity contribution in [1.82, 2.24) is 15.3 Å². The number of rotatable bonds is 7. The van der Waals surface area contributed by atoms with Crippen LogP contribution in [0.25, 0.3) is 0 Å². The maximum Gasteiger partial charge on any atom is 0.255 e. The van der Waals surface area contributed by atoms with Crippen LogP contribution in [-0.4, -0.2) is 46.5 Å². The lowest BCUT2D eigenvalue weighted by molar-refractivity contribution is 0.364. The standard InChI is InChI=1S/C21H23FN6O3S/c1-24-19(23)27-21(14-6-4-3-5-7-14)11-28(10-15(21)32(30)12-29)20-25-17(13-8-9-13)16(22)18(26-20)31-2/h3-7,10,12-13H,8-9,11H2,1-2H3,(H3,23,24,27). The van der Waals surface area contributed by atoms with E-state index in [4.69, 9.17) is 10.5 Å². The Bertz CT molecular complexity index is 1120. The van der Waals surface area contributed by atoms with Gasteiger partial charge in [-0.05, 0) is 18.4 Å². The Labute approximate surface area is 187 Å². The largest absolute Gasteiger partial charge is 0.479 e. The van der Waals surface area contributed by atoms with Gasteiger partial charge in [0.2, 0.25) is 17.4 Å². The number of methoxy groups -OCH3 is 1. The summed E-state index contributed by atoms with van der Waals surface area (Å²) in [4.78, 5) is 26.1. The third-order valence-corrected chi connectivity index (χ3v) is 6.57. The van der Waals surface area contributed by atoms with E-state index in [0.717, 1.165) is 12.8 Å². The van der Waals surface area contributed by atoms with Crippen LogP contribution < -0.4 is 20.7 Å². The highest BCUT2D eigenvalue weighted by Gasteiger charge is 2.47. The normalized spacial score (nSPS) is 21.8. The van der Waals surface area contributed by atoms with Gasteiger partial charge in [-0.1, -0.05) is 30.3 Å². The molecule has 1 aliphatic carbocycles. The van der Waals surface area contributed by atoms with Crippen molar-refractivity contribution in [2.24, 2.45) is 10.7 Å². The summed E-state index contributed by atoms with van der Waals surface area (Å²) >= 11 is 0. The number of aromatic nitrogens is 2. The predicted molar refractivity (Wildman–Crippen MR) is 120 cm³/mol. The molecule has 3 N–H and O–H groups in total. The molecule has 11 heteroatoms. The number of nitrogens with one attached hydrogen (secondary N) is 1. The number of carbonyl (C=O) groups is 1. The van der Waals surface area contributed by atoms with Crippen molar-refractivity contribution in [2.45, 2.75) is 24.3 Å². The summed E-state index contributed by atoms with van der Waals surface area (Å²) in [6.45, 7) is 0.140. The predicted octanol–water partition coefficient (Wildman–Crippen LogP) is 1.53. The summed E-state index contributed by atoms with van der Waals surface area (Å²) in [6, 6.07) is 9.15. The van der Waals surface area contributed by atoms with E-state index >= 15 is 0 Å². The molecule has 2 aliphatic rings. The number of benzene rings is 1. The smallest absolute Gasteiger partial charge is 0.255 e. The minimum atomic E-state index is -1.99. The van der Waals surface area contributed by atoms with Gasteiger partial charge in [-0.25, -0.2) is 9.19 Å². The molecule has 0 amide bonds. The first-order valence-corrected chi connectivity index (χ1v) is 11.2. The molecule has 1 aromatic heterocycles. The van der Waals surface area contributed by atoms with E-state index in [9.17, 15) is 13.4 Å². The van der Waals surface area contributed by atoms with Gasteiger partial charge >= 0.3 is 0 Å². The average molecular weight is 459 g/mol. The number of aliphatic imine (C=N–C) groups is 1. The summed E-state index contributed by atoms with van der Waals surface area (Å²) < 4.78 is 32.6. The van der Waals surface area contributed by atoms with Crippen LogP contribution in [0.5, 0.6) is 5.88 Å². The second kappa shape index (κ2) is 8.65. The second-order valence-electron chi connectivity index (χ2n) is 7.53. The summed E-state index contributed by atoms with van der Waals surface area (Å²) in [5, 5.41) is 3.12. The van der Waals surface area contributed by atoms with Crippen molar-refractivity contribution in [1.29, 1.82) is 0 Å². The Kier molecular flexibility index (Phi) is 5.92. The van der Waals surface area contributed by atoms with Crippen molar-refractivity contribution in [3.05, 3.63) is 58.5 Å². The first-order valence-electron chi connectivity index (χ1n) is 9.95. The van der Waals surface area contributed by atoms with E-state index < -0.39 is 22.2 Å². The van der Waals surface area contributed by atoms with Crippen LogP contribution >= 0.6 is 0 Å². The van der Waals surface area contributed by atoms with Crippen LogP contribution in [-0.2, 0) is 21.1 Å². The van der Waals surface area contributed by atoms with Crippen molar-refractivity contribution in [3.8, 4) is 5.88 Å². The van der Waals surface area contributed by atoms with E-state index in [2.05, 4.69) is 20.3 Å². The Morgan fingerprint density at radius 3 is 2.69 bits per heavy atom. The summed E-state index contributed by atoms with van der Waals surface area (Å²) in [7, 11) is 0.864. The van der Waals surface area contributed by atoms with Gasteiger partial charge in [0.1, 0.15) is 16.3 Å². The first kappa shape index (κ1) is 21.9. The molecule has 32 heavy (non-hydrogen) atoms. The molecule has 1 fully saturated rings. The molecule has 168 valence electrons. The number of anilines is 1. The third-order valence-electron chi connectivity index (χ3n) is 5.50. The monoisotopic (exact) mass is 458 g/mol. The molecule has 0 saturated heterocycles. The number of hydrogen-bond acceptors (Lipinski definition) is 7. The van der Waals surface area contributed by atoms with Crippen LogP contribution in [0.4, 0.5) is 10.3 Å². The fourth-order valence-electron chi connectivity index (χ4n) is 3.76. The third kappa shape index (κ3) is 3.83. The number of nitrogens with zero attached hydrogens (tertiary/aromatic N) is 4. The first-order chi connectivity index (χ1) is 15.4. The Hall–Kier alpha value is -3.34. The summed E-state index contributed by atoms with van der Waals surface area (Å²) in [5.74, 6) is -0.449. The zero-order valence-electron chi connectivity index (χ0n) is 17.6. The van der Waals surface area contributed by atoms with Crippen LogP contribution in [0.1, 0.15) is 30.0 Å². The molecule has 4 rings (SSSR count). The maximum absolute atomic E-state index is 14.7. The molecule has 1 aliphatic heterocycles. The highest BCUT2D eigenvalue weighted by molar-refractivity contribution is 8.01. The lowest BCUT2D eigenvalue weighted by Crippen LogP contribution is -2.53. The van der Waals surface area contributed by atoms with Gasteiger partial charge in [-0.2, -0.15) is 9.37 Å². The van der Waals surface area contributed by atoms with Gasteiger partial charge in [0, 0.05) is 19.2 Å². The van der Waals surface area contributed by atoms with E-state index in [1.54, 1.807) is 4.90 Å². The van der Waals surface area contributed by atoms with Crippen molar-refractivity contribution < 1.29 is 18.1 Å². The number of carbonyl (C=O) groups excluding carboxylic acids is 1. The Morgan fingerprint density at radius 2 is 2.09 bits per heavy atom. The molecular weight excluding hydrogens is 435 g/mol. The second-order valence-corrected chi connectivity index (χ2v) is 8.75. The van der Waals surface area contributed by atoms with Crippen molar-refractivity contribution in [3.63, 3.8) is 0 Å². The topological polar surface area (TPSA) is 123 Å². The number of nitrogens with two attached hydrogens (primary N) is 1. The zero-order chi connectivity index (χ0) is 22.9. The van der Waals surface area contributed by atoms with Crippen molar-refractivity contribution in [2.75, 3.05) is 25.6 Å². The molecule has 1 saturated carbocycles. The molecule has 1 aromatic carbocycles. The van der Waals surface area contributed by atoms with Crippen LogP contribution in [0.2, 0.25) is 0 Å². The van der Waals surface area contributed by atoms with Gasteiger partial charge in [0.05, 0.1) is 24.3 Å². The molecule has 0 radical (unpaired) electrons. The van der Waals surface area contributed by atoms with Crippen LogP contribution in [0.3, 0.4) is 0 Å². The quantitative estimate of drug-likeness (QED) is 0.364. The summed E-state index contributed by atoms with van der Waals surface area (Å²) in [5.41, 5.74) is 6.22. The van der Waals surface area contributed by atoms with Gasteiger partial charge in [0.25, 0.3) is 5.88 Å². The highest BCUT2D eigenvalue weighted by Crippen LogP contribution is 2.44. The number of hydrogen-bond donors (Lipinski definition) is 2. The fraction of sp³-hybridized carbons (Fsp3) is 0.333. The summed E-state index contributed by atoms with van der Waals surface area (Å²) in [6.07, 6.45) is 3.22. The highest BCUT2D eigenvalue weighted by atomic mass is 32.2. The minimum Gasteiger partial charge on any atom is -0.479 e. The van der Waals surface area contributed by atoms with Crippen LogP contribution in [0, 0.1) is 5.82 Å². The van der Waals surface area contributed by atoms with Crippen molar-refractivity contribution >= 4 is 28.3 Å². The molecule has 0 bridgehead atoms. The molecular formula is C21H23FN6O3S. The van der Waals surface area contributed by atoms with E-state index in [0.29, 0.717) is 11.2 Å². The Morgan fingerprint density at radius 1 is 1.38 bits per heavy atom. The average Bonchev–Trinajstić information content (AvgIpc) is 3.60. The fourth-order valence-corrected chi connectivity index (χ4v) is 4.67.